The summed E-state index contributed by atoms with van der Waals surface area (Å²) in [4.78, 5) is 12.4. The van der Waals surface area contributed by atoms with Crippen LogP contribution in [0.15, 0.2) is 78.0 Å². The minimum absolute atomic E-state index is 0.0799. The van der Waals surface area contributed by atoms with Gasteiger partial charge in [0, 0.05) is 12.2 Å². The summed E-state index contributed by atoms with van der Waals surface area (Å²) in [7, 11) is 0. The first-order chi connectivity index (χ1) is 15.5. The highest BCUT2D eigenvalue weighted by molar-refractivity contribution is 7.99. The van der Waals surface area contributed by atoms with E-state index in [1.807, 2.05) is 30.3 Å². The molecule has 1 amide bonds. The number of para-hydroxylation sites is 1. The monoisotopic (exact) mass is 450 g/mol. The number of halogens is 2. The maximum absolute atomic E-state index is 14.4. The minimum atomic E-state index is -0.406. The highest BCUT2D eigenvalue weighted by Crippen LogP contribution is 2.29. The van der Waals surface area contributed by atoms with Gasteiger partial charge in [-0.1, -0.05) is 54.2 Å². The standard InChI is InChI=1S/C24H20F2N4OS/c1-16-11-12-17(13-21(16)26)14-27-22(31)15-32-24-29-28-23(19-9-5-6-10-20(19)25)30(24)18-7-3-2-4-8-18/h2-13H,14-15H2,1H3,(H,27,31). The zero-order valence-corrected chi connectivity index (χ0v) is 18.1. The summed E-state index contributed by atoms with van der Waals surface area (Å²) in [6, 6.07) is 20.6. The fraction of sp³-hybridized carbons (Fsp3) is 0.125. The van der Waals surface area contributed by atoms with Gasteiger partial charge in [0.15, 0.2) is 11.0 Å². The smallest absolute Gasteiger partial charge is 0.230 e. The van der Waals surface area contributed by atoms with Gasteiger partial charge in [0.1, 0.15) is 11.6 Å². The first-order valence-corrected chi connectivity index (χ1v) is 10.9. The molecule has 4 rings (SSSR count). The Morgan fingerprint density at radius 1 is 0.969 bits per heavy atom. The van der Waals surface area contributed by atoms with E-state index in [0.717, 1.165) is 5.69 Å². The number of carbonyl (C=O) groups is 1. The molecule has 0 saturated carbocycles. The predicted octanol–water partition coefficient (Wildman–Crippen LogP) is 4.93. The Hall–Kier alpha value is -3.52. The number of hydrogen-bond acceptors (Lipinski definition) is 4. The molecule has 32 heavy (non-hydrogen) atoms. The number of aromatic nitrogens is 3. The van der Waals surface area contributed by atoms with Crippen molar-refractivity contribution in [2.24, 2.45) is 0 Å². The molecule has 0 saturated heterocycles. The van der Waals surface area contributed by atoms with Crippen LogP contribution in [0, 0.1) is 18.6 Å². The molecule has 1 heterocycles. The topological polar surface area (TPSA) is 59.8 Å². The lowest BCUT2D eigenvalue weighted by Gasteiger charge is -2.11. The lowest BCUT2D eigenvalue weighted by Crippen LogP contribution is -2.24. The minimum Gasteiger partial charge on any atom is -0.351 e. The number of thioether (sulfide) groups is 1. The van der Waals surface area contributed by atoms with Gasteiger partial charge in [-0.3, -0.25) is 9.36 Å². The lowest BCUT2D eigenvalue weighted by molar-refractivity contribution is -0.118. The Bertz CT molecular complexity index is 1240. The van der Waals surface area contributed by atoms with E-state index in [1.54, 1.807) is 41.8 Å². The number of rotatable bonds is 7. The summed E-state index contributed by atoms with van der Waals surface area (Å²) in [6.45, 7) is 1.91. The number of aryl methyl sites for hydroxylation is 1. The van der Waals surface area contributed by atoms with Crippen molar-refractivity contribution in [2.75, 3.05) is 5.75 Å². The summed E-state index contributed by atoms with van der Waals surface area (Å²) < 4.78 is 29.8. The Labute approximate surface area is 188 Å². The highest BCUT2D eigenvalue weighted by atomic mass is 32.2. The van der Waals surface area contributed by atoms with E-state index in [0.29, 0.717) is 27.7 Å². The van der Waals surface area contributed by atoms with Gasteiger partial charge in [-0.2, -0.15) is 0 Å². The second-order valence-corrected chi connectivity index (χ2v) is 8.05. The lowest BCUT2D eigenvalue weighted by atomic mass is 10.1. The van der Waals surface area contributed by atoms with Crippen LogP contribution in [0.1, 0.15) is 11.1 Å². The molecule has 0 atom stereocenters. The second-order valence-electron chi connectivity index (χ2n) is 7.11. The molecule has 0 aliphatic heterocycles. The SMILES string of the molecule is Cc1ccc(CNC(=O)CSc2nnc(-c3ccccc3F)n2-c2ccccc2)cc1F. The predicted molar refractivity (Wildman–Crippen MR) is 120 cm³/mol. The fourth-order valence-corrected chi connectivity index (χ4v) is 3.90. The first kappa shape index (κ1) is 21.7. The normalized spacial score (nSPS) is 10.8. The highest BCUT2D eigenvalue weighted by Gasteiger charge is 2.19. The summed E-state index contributed by atoms with van der Waals surface area (Å²) in [6.07, 6.45) is 0. The summed E-state index contributed by atoms with van der Waals surface area (Å²) >= 11 is 1.19. The van der Waals surface area contributed by atoms with Crippen molar-refractivity contribution in [3.05, 3.63) is 95.6 Å². The van der Waals surface area contributed by atoms with Crippen molar-refractivity contribution in [1.29, 1.82) is 0 Å². The number of hydrogen-bond donors (Lipinski definition) is 1. The zero-order chi connectivity index (χ0) is 22.5. The second kappa shape index (κ2) is 9.74. The van der Waals surface area contributed by atoms with Crippen molar-refractivity contribution in [2.45, 2.75) is 18.6 Å². The Kier molecular flexibility index (Phi) is 6.61. The van der Waals surface area contributed by atoms with Gasteiger partial charge < -0.3 is 5.32 Å². The van der Waals surface area contributed by atoms with Crippen LogP contribution in [0.2, 0.25) is 0 Å². The zero-order valence-electron chi connectivity index (χ0n) is 17.3. The molecule has 162 valence electrons. The summed E-state index contributed by atoms with van der Waals surface area (Å²) in [5.41, 5.74) is 2.32. The summed E-state index contributed by atoms with van der Waals surface area (Å²) in [5, 5.41) is 11.6. The van der Waals surface area contributed by atoms with E-state index >= 15 is 0 Å². The van der Waals surface area contributed by atoms with E-state index in [2.05, 4.69) is 15.5 Å². The molecule has 0 aliphatic rings. The molecule has 0 unspecified atom stereocenters. The molecule has 0 aliphatic carbocycles. The fourth-order valence-electron chi connectivity index (χ4n) is 3.12. The van der Waals surface area contributed by atoms with Gasteiger partial charge in [0.25, 0.3) is 0 Å². The van der Waals surface area contributed by atoms with Crippen molar-refractivity contribution in [3.63, 3.8) is 0 Å². The van der Waals surface area contributed by atoms with Gasteiger partial charge in [0.2, 0.25) is 5.91 Å². The third kappa shape index (κ3) is 4.86. The molecule has 0 fully saturated rings. The average Bonchev–Trinajstić information content (AvgIpc) is 3.23. The molecule has 0 radical (unpaired) electrons. The number of nitrogens with zero attached hydrogens (tertiary/aromatic N) is 3. The van der Waals surface area contributed by atoms with E-state index in [1.165, 1.54) is 23.9 Å². The molecular weight excluding hydrogens is 430 g/mol. The van der Waals surface area contributed by atoms with Gasteiger partial charge in [-0.25, -0.2) is 8.78 Å². The van der Waals surface area contributed by atoms with E-state index < -0.39 is 5.82 Å². The molecule has 0 spiro atoms. The van der Waals surface area contributed by atoms with Crippen LogP contribution in [0.4, 0.5) is 8.78 Å². The van der Waals surface area contributed by atoms with Crippen LogP contribution in [-0.4, -0.2) is 26.4 Å². The van der Waals surface area contributed by atoms with Crippen molar-refractivity contribution in [1.82, 2.24) is 20.1 Å². The maximum atomic E-state index is 14.4. The third-order valence-electron chi connectivity index (χ3n) is 4.82. The quantitative estimate of drug-likeness (QED) is 0.406. The van der Waals surface area contributed by atoms with Gasteiger partial charge >= 0.3 is 0 Å². The number of amides is 1. The van der Waals surface area contributed by atoms with Crippen molar-refractivity contribution < 1.29 is 13.6 Å². The van der Waals surface area contributed by atoms with Crippen LogP contribution >= 0.6 is 11.8 Å². The number of benzene rings is 3. The largest absolute Gasteiger partial charge is 0.351 e. The first-order valence-electron chi connectivity index (χ1n) is 9.93. The van der Waals surface area contributed by atoms with Crippen molar-refractivity contribution >= 4 is 17.7 Å². The average molecular weight is 451 g/mol. The van der Waals surface area contributed by atoms with E-state index in [4.69, 9.17) is 0 Å². The third-order valence-corrected chi connectivity index (χ3v) is 5.75. The van der Waals surface area contributed by atoms with Crippen LogP contribution in [-0.2, 0) is 11.3 Å². The molecule has 1 N–H and O–H groups in total. The molecule has 0 bridgehead atoms. The van der Waals surface area contributed by atoms with Crippen LogP contribution in [0.25, 0.3) is 17.1 Å². The molecule has 8 heteroatoms. The van der Waals surface area contributed by atoms with Crippen LogP contribution in [0.5, 0.6) is 0 Å². The summed E-state index contributed by atoms with van der Waals surface area (Å²) in [5.74, 6) is -0.505. The van der Waals surface area contributed by atoms with Crippen LogP contribution in [0.3, 0.4) is 0 Å². The van der Waals surface area contributed by atoms with Crippen molar-refractivity contribution in [3.8, 4) is 17.1 Å². The van der Waals surface area contributed by atoms with Gasteiger partial charge in [-0.15, -0.1) is 10.2 Å². The molecule has 4 aromatic rings. The molecule has 5 nitrogen and oxygen atoms in total. The molecular formula is C24H20F2N4OS. The Balaban J connectivity index is 1.51. The van der Waals surface area contributed by atoms with Crippen LogP contribution < -0.4 is 5.32 Å². The molecule has 1 aromatic heterocycles. The Morgan fingerprint density at radius 3 is 2.47 bits per heavy atom. The van der Waals surface area contributed by atoms with E-state index in [-0.39, 0.29) is 24.0 Å². The van der Waals surface area contributed by atoms with Gasteiger partial charge in [0.05, 0.1) is 11.3 Å². The van der Waals surface area contributed by atoms with E-state index in [9.17, 15) is 13.6 Å². The maximum Gasteiger partial charge on any atom is 0.230 e. The van der Waals surface area contributed by atoms with Gasteiger partial charge in [-0.05, 0) is 48.4 Å². The number of carbonyl (C=O) groups excluding carboxylic acids is 1. The molecule has 3 aromatic carbocycles. The Morgan fingerprint density at radius 2 is 1.72 bits per heavy atom. The number of nitrogens with one attached hydrogen (secondary N) is 1.